The molecule has 1 atom stereocenters. The van der Waals surface area contributed by atoms with Crippen molar-refractivity contribution in [2.75, 3.05) is 0 Å². The smallest absolute Gasteiger partial charge is 0.249 e. The van der Waals surface area contributed by atoms with Crippen LogP contribution in [0.1, 0.15) is 30.1 Å². The van der Waals surface area contributed by atoms with Gasteiger partial charge in [0.1, 0.15) is 5.69 Å². The van der Waals surface area contributed by atoms with Gasteiger partial charge >= 0.3 is 0 Å². The van der Waals surface area contributed by atoms with E-state index in [1.54, 1.807) is 18.3 Å². The minimum atomic E-state index is -2.56. The number of H-pyrrole nitrogens is 1. The number of halogens is 2. The molecule has 1 aliphatic carbocycles. The average molecular weight is 268 g/mol. The van der Waals surface area contributed by atoms with Gasteiger partial charge in [-0.3, -0.25) is 10.8 Å². The maximum absolute atomic E-state index is 12.8. The lowest BCUT2D eigenvalue weighted by Gasteiger charge is -2.33. The van der Waals surface area contributed by atoms with Gasteiger partial charge in [-0.05, 0) is 12.1 Å². The molecule has 1 aliphatic heterocycles. The Balaban J connectivity index is 1.82. The van der Waals surface area contributed by atoms with Crippen LogP contribution in [0.25, 0.3) is 0 Å². The molecule has 3 rings (SSSR count). The fraction of sp³-hybridized carbons (Fsp3) is 0.455. The minimum absolute atomic E-state index is 0.158. The van der Waals surface area contributed by atoms with Gasteiger partial charge in [0.15, 0.2) is 11.6 Å². The van der Waals surface area contributed by atoms with E-state index in [2.05, 4.69) is 20.5 Å². The highest BCUT2D eigenvalue weighted by Crippen LogP contribution is 2.48. The zero-order chi connectivity index (χ0) is 13.7. The first-order chi connectivity index (χ1) is 8.88. The van der Waals surface area contributed by atoms with E-state index in [9.17, 15) is 8.78 Å². The molecule has 1 unspecified atom stereocenters. The zero-order valence-electron chi connectivity index (χ0n) is 10.0. The molecule has 102 valence electrons. The first kappa shape index (κ1) is 12.1. The van der Waals surface area contributed by atoms with Crippen LogP contribution in [0.4, 0.5) is 8.78 Å². The predicted octanol–water partition coefficient (Wildman–Crippen LogP) is 0.465. The molecule has 0 aromatic carbocycles. The molecule has 2 heterocycles. The summed E-state index contributed by atoms with van der Waals surface area (Å²) in [5.41, 5.74) is 11.6. The van der Waals surface area contributed by atoms with Gasteiger partial charge in [0.2, 0.25) is 5.92 Å². The number of nitrogens with two attached hydrogens (primary N) is 2. The van der Waals surface area contributed by atoms with Crippen LogP contribution in [0.5, 0.6) is 0 Å². The number of rotatable bonds is 2. The number of guanidine groups is 1. The topological polar surface area (TPSA) is 105 Å². The molecule has 1 aromatic heterocycles. The Morgan fingerprint density at radius 3 is 2.74 bits per heavy atom. The van der Waals surface area contributed by atoms with Crippen molar-refractivity contribution in [3.63, 3.8) is 0 Å². The number of aliphatic imine (C=N–C) groups is 1. The normalized spacial score (nSPS) is 29.5. The van der Waals surface area contributed by atoms with Crippen LogP contribution in [-0.4, -0.2) is 22.1 Å². The summed E-state index contributed by atoms with van der Waals surface area (Å²) in [5.74, 6) is -2.58. The van der Waals surface area contributed by atoms with Crippen molar-refractivity contribution in [2.45, 2.75) is 30.3 Å². The third kappa shape index (κ3) is 2.07. The van der Waals surface area contributed by atoms with Crippen molar-refractivity contribution in [1.82, 2.24) is 15.5 Å². The molecular formula is C11H14F2N6. The SMILES string of the molecule is NC1=NC(N)(c2cc(C3CC(F)(F)C3)[nH]n2)C=CN1. The van der Waals surface area contributed by atoms with Crippen molar-refractivity contribution in [3.05, 3.63) is 29.7 Å². The molecule has 0 amide bonds. The van der Waals surface area contributed by atoms with Crippen molar-refractivity contribution in [2.24, 2.45) is 16.5 Å². The second-order valence-corrected chi connectivity index (χ2v) is 4.97. The number of hydrogen-bond donors (Lipinski definition) is 4. The van der Waals surface area contributed by atoms with E-state index in [0.717, 1.165) is 0 Å². The molecular weight excluding hydrogens is 254 g/mol. The van der Waals surface area contributed by atoms with Gasteiger partial charge in [0.25, 0.3) is 0 Å². The Morgan fingerprint density at radius 2 is 2.11 bits per heavy atom. The molecule has 1 fully saturated rings. The van der Waals surface area contributed by atoms with Crippen molar-refractivity contribution >= 4 is 5.96 Å². The maximum Gasteiger partial charge on any atom is 0.249 e. The fourth-order valence-corrected chi connectivity index (χ4v) is 2.30. The largest absolute Gasteiger partial charge is 0.370 e. The highest BCUT2D eigenvalue weighted by molar-refractivity contribution is 5.80. The molecule has 8 heteroatoms. The van der Waals surface area contributed by atoms with Crippen LogP contribution in [0.3, 0.4) is 0 Å². The Hall–Kier alpha value is -1.96. The fourth-order valence-electron chi connectivity index (χ4n) is 2.30. The summed E-state index contributed by atoms with van der Waals surface area (Å²) in [6.07, 6.45) is 2.87. The summed E-state index contributed by atoms with van der Waals surface area (Å²) < 4.78 is 25.7. The number of nitrogens with one attached hydrogen (secondary N) is 2. The second-order valence-electron chi connectivity index (χ2n) is 4.97. The van der Waals surface area contributed by atoms with E-state index in [0.29, 0.717) is 11.4 Å². The third-order valence-corrected chi connectivity index (χ3v) is 3.41. The van der Waals surface area contributed by atoms with Crippen molar-refractivity contribution in [3.8, 4) is 0 Å². The van der Waals surface area contributed by atoms with Gasteiger partial charge in [-0.25, -0.2) is 13.8 Å². The third-order valence-electron chi connectivity index (χ3n) is 3.41. The van der Waals surface area contributed by atoms with Gasteiger partial charge in [0.05, 0.1) is 0 Å². The first-order valence-electron chi connectivity index (χ1n) is 5.90. The van der Waals surface area contributed by atoms with Crippen LogP contribution in [0, 0.1) is 0 Å². The summed E-state index contributed by atoms with van der Waals surface area (Å²) in [6, 6.07) is 1.67. The molecule has 2 aliphatic rings. The van der Waals surface area contributed by atoms with Crippen LogP contribution in [0.2, 0.25) is 0 Å². The summed E-state index contributed by atoms with van der Waals surface area (Å²) in [5, 5.41) is 9.51. The lowest BCUT2D eigenvalue weighted by Crippen LogP contribution is -2.42. The highest BCUT2D eigenvalue weighted by atomic mass is 19.3. The van der Waals surface area contributed by atoms with E-state index < -0.39 is 11.6 Å². The van der Waals surface area contributed by atoms with Crippen molar-refractivity contribution < 1.29 is 8.78 Å². The summed E-state index contributed by atoms with van der Waals surface area (Å²) in [6.45, 7) is 0. The molecule has 0 spiro atoms. The Bertz CT molecular complexity index is 555. The van der Waals surface area contributed by atoms with Crippen LogP contribution >= 0.6 is 0 Å². The molecule has 0 radical (unpaired) electrons. The lowest BCUT2D eigenvalue weighted by molar-refractivity contribution is -0.0876. The molecule has 1 saturated carbocycles. The summed E-state index contributed by atoms with van der Waals surface area (Å²) in [7, 11) is 0. The van der Waals surface area contributed by atoms with E-state index >= 15 is 0 Å². The summed E-state index contributed by atoms with van der Waals surface area (Å²) >= 11 is 0. The van der Waals surface area contributed by atoms with E-state index in [-0.39, 0.29) is 24.7 Å². The highest BCUT2D eigenvalue weighted by Gasteiger charge is 2.47. The monoisotopic (exact) mass is 268 g/mol. The summed E-state index contributed by atoms with van der Waals surface area (Å²) in [4.78, 5) is 4.07. The van der Waals surface area contributed by atoms with Crippen LogP contribution in [-0.2, 0) is 5.66 Å². The first-order valence-corrected chi connectivity index (χ1v) is 5.90. The van der Waals surface area contributed by atoms with E-state index in [1.165, 1.54) is 0 Å². The zero-order valence-corrected chi connectivity index (χ0v) is 10.0. The average Bonchev–Trinajstić information content (AvgIpc) is 2.74. The molecule has 19 heavy (non-hydrogen) atoms. The molecule has 0 saturated heterocycles. The van der Waals surface area contributed by atoms with Gasteiger partial charge in [-0.15, -0.1) is 0 Å². The molecule has 1 aromatic rings. The Morgan fingerprint density at radius 1 is 1.37 bits per heavy atom. The van der Waals surface area contributed by atoms with Gasteiger partial charge in [-0.1, -0.05) is 0 Å². The minimum Gasteiger partial charge on any atom is -0.370 e. The van der Waals surface area contributed by atoms with Crippen LogP contribution < -0.4 is 16.8 Å². The number of aromatic amines is 1. The Kier molecular flexibility index (Phi) is 2.40. The molecule has 6 nitrogen and oxygen atoms in total. The molecule has 6 N–H and O–H groups in total. The lowest BCUT2D eigenvalue weighted by atomic mass is 9.79. The standard InChI is InChI=1S/C11H14F2N6/c12-10(13)4-6(5-10)7-3-8(19-18-7)11(15)1-2-16-9(14)17-11/h1-3,6H,4-5,15H2,(H,18,19)(H3,14,16,17). The van der Waals surface area contributed by atoms with Gasteiger partial charge in [-0.2, -0.15) is 5.10 Å². The van der Waals surface area contributed by atoms with Crippen LogP contribution in [0.15, 0.2) is 23.3 Å². The van der Waals surface area contributed by atoms with Crippen molar-refractivity contribution in [1.29, 1.82) is 0 Å². The number of alkyl halides is 2. The number of nitrogens with zero attached hydrogens (tertiary/aromatic N) is 2. The molecule has 0 bridgehead atoms. The Labute approximate surface area is 108 Å². The van der Waals surface area contributed by atoms with E-state index in [1.807, 2.05) is 0 Å². The maximum atomic E-state index is 12.8. The van der Waals surface area contributed by atoms with Gasteiger partial charge in [0, 0.05) is 30.7 Å². The number of hydrogen-bond acceptors (Lipinski definition) is 5. The second kappa shape index (κ2) is 3.77. The number of aromatic nitrogens is 2. The van der Waals surface area contributed by atoms with E-state index in [4.69, 9.17) is 11.5 Å². The van der Waals surface area contributed by atoms with Gasteiger partial charge < -0.3 is 11.1 Å². The predicted molar refractivity (Wildman–Crippen MR) is 65.3 cm³/mol. The quantitative estimate of drug-likeness (QED) is 0.625.